The molecule has 1 N–H and O–H groups in total. The lowest BCUT2D eigenvalue weighted by Gasteiger charge is -2.14. The summed E-state index contributed by atoms with van der Waals surface area (Å²) in [5.74, 6) is 1.59. The fourth-order valence-electron chi connectivity index (χ4n) is 2.60. The Labute approximate surface area is 155 Å². The maximum Gasteiger partial charge on any atom is 0.240 e. The van der Waals surface area contributed by atoms with E-state index in [-0.39, 0.29) is 11.4 Å². The summed E-state index contributed by atoms with van der Waals surface area (Å²) in [5, 5.41) is 0. The SMILES string of the molecule is CCc1ccc(S(=O)(=O)NCCc2cc(OC)c(OC)c(OC)c2)cc1. The van der Waals surface area contributed by atoms with Crippen LogP contribution in [0.25, 0.3) is 0 Å². The molecular weight excluding hydrogens is 354 g/mol. The molecule has 0 amide bonds. The number of hydrogen-bond donors (Lipinski definition) is 1. The number of benzene rings is 2. The molecule has 2 rings (SSSR count). The summed E-state index contributed by atoms with van der Waals surface area (Å²) in [4.78, 5) is 0.264. The minimum atomic E-state index is -3.54. The third-order valence-corrected chi connectivity index (χ3v) is 5.55. The molecule has 0 radical (unpaired) electrons. The third-order valence-electron chi connectivity index (χ3n) is 4.07. The molecule has 0 aliphatic carbocycles. The summed E-state index contributed by atoms with van der Waals surface area (Å²) in [6.07, 6.45) is 1.36. The van der Waals surface area contributed by atoms with Crippen molar-refractivity contribution in [3.63, 3.8) is 0 Å². The lowest BCUT2D eigenvalue weighted by molar-refractivity contribution is 0.324. The fraction of sp³-hybridized carbons (Fsp3) is 0.368. The fourth-order valence-corrected chi connectivity index (χ4v) is 3.63. The molecule has 7 heteroatoms. The number of aryl methyl sites for hydroxylation is 1. The van der Waals surface area contributed by atoms with Gasteiger partial charge in [0.1, 0.15) is 0 Å². The summed E-state index contributed by atoms with van der Waals surface area (Å²) in [6.45, 7) is 2.29. The van der Waals surface area contributed by atoms with Gasteiger partial charge in [-0.15, -0.1) is 0 Å². The van der Waals surface area contributed by atoms with E-state index in [9.17, 15) is 8.42 Å². The smallest absolute Gasteiger partial charge is 0.240 e. The van der Waals surface area contributed by atoms with Crippen LogP contribution in [0.2, 0.25) is 0 Å². The molecule has 0 saturated heterocycles. The number of ether oxygens (including phenoxy) is 3. The van der Waals surface area contributed by atoms with Gasteiger partial charge < -0.3 is 14.2 Å². The molecule has 2 aromatic carbocycles. The molecule has 0 aliphatic rings. The van der Waals surface area contributed by atoms with Crippen molar-refractivity contribution in [1.29, 1.82) is 0 Å². The van der Waals surface area contributed by atoms with Gasteiger partial charge in [0.05, 0.1) is 26.2 Å². The first-order valence-corrected chi connectivity index (χ1v) is 9.81. The van der Waals surface area contributed by atoms with Gasteiger partial charge in [0, 0.05) is 6.54 Å². The zero-order valence-electron chi connectivity index (χ0n) is 15.5. The first-order chi connectivity index (χ1) is 12.4. The Morgan fingerprint density at radius 1 is 0.885 bits per heavy atom. The Morgan fingerprint density at radius 3 is 1.92 bits per heavy atom. The van der Waals surface area contributed by atoms with Crippen molar-refractivity contribution in [2.75, 3.05) is 27.9 Å². The first-order valence-electron chi connectivity index (χ1n) is 8.32. The van der Waals surface area contributed by atoms with Crippen LogP contribution in [0.3, 0.4) is 0 Å². The van der Waals surface area contributed by atoms with Crippen molar-refractivity contribution < 1.29 is 22.6 Å². The van der Waals surface area contributed by atoms with Crippen molar-refractivity contribution in [3.05, 3.63) is 47.5 Å². The molecule has 26 heavy (non-hydrogen) atoms. The molecule has 142 valence electrons. The Morgan fingerprint density at radius 2 is 1.46 bits per heavy atom. The van der Waals surface area contributed by atoms with Crippen LogP contribution in [0, 0.1) is 0 Å². The van der Waals surface area contributed by atoms with E-state index in [1.165, 1.54) is 7.11 Å². The molecule has 0 aliphatic heterocycles. The minimum absolute atomic E-state index is 0.260. The van der Waals surface area contributed by atoms with Gasteiger partial charge in [0.2, 0.25) is 15.8 Å². The highest BCUT2D eigenvalue weighted by Gasteiger charge is 2.15. The van der Waals surface area contributed by atoms with E-state index in [1.807, 2.05) is 31.2 Å². The monoisotopic (exact) mass is 379 g/mol. The second kappa shape index (κ2) is 8.91. The van der Waals surface area contributed by atoms with E-state index in [1.54, 1.807) is 26.4 Å². The van der Waals surface area contributed by atoms with E-state index >= 15 is 0 Å². The number of methoxy groups -OCH3 is 3. The van der Waals surface area contributed by atoms with Gasteiger partial charge in [-0.2, -0.15) is 0 Å². The Balaban J connectivity index is 2.08. The van der Waals surface area contributed by atoms with Crippen LogP contribution in [0.15, 0.2) is 41.3 Å². The molecule has 0 spiro atoms. The van der Waals surface area contributed by atoms with Crippen LogP contribution in [-0.2, 0) is 22.9 Å². The zero-order valence-corrected chi connectivity index (χ0v) is 16.4. The van der Waals surface area contributed by atoms with Crippen LogP contribution < -0.4 is 18.9 Å². The highest BCUT2D eigenvalue weighted by atomic mass is 32.2. The standard InChI is InChI=1S/C19H25NO5S/c1-5-14-6-8-16(9-7-14)26(21,22)20-11-10-15-12-17(23-2)19(25-4)18(13-15)24-3/h6-9,12-13,20H,5,10-11H2,1-4H3. The predicted octanol–water partition coefficient (Wildman–Crippen LogP) is 2.80. The summed E-state index contributed by atoms with van der Waals surface area (Å²) >= 11 is 0. The van der Waals surface area contributed by atoms with Crippen LogP contribution in [0.1, 0.15) is 18.1 Å². The van der Waals surface area contributed by atoms with Gasteiger partial charge in [-0.3, -0.25) is 0 Å². The largest absolute Gasteiger partial charge is 0.493 e. The molecule has 0 unspecified atom stereocenters. The van der Waals surface area contributed by atoms with E-state index in [0.29, 0.717) is 23.7 Å². The van der Waals surface area contributed by atoms with Gasteiger partial charge in [0.15, 0.2) is 11.5 Å². The molecule has 0 fully saturated rings. The lowest BCUT2D eigenvalue weighted by atomic mass is 10.1. The Bertz CT molecular complexity index is 807. The van der Waals surface area contributed by atoms with Gasteiger partial charge in [0.25, 0.3) is 0 Å². The summed E-state index contributed by atoms with van der Waals surface area (Å²) in [5.41, 5.74) is 1.98. The van der Waals surface area contributed by atoms with Gasteiger partial charge in [-0.1, -0.05) is 19.1 Å². The minimum Gasteiger partial charge on any atom is -0.493 e. The number of nitrogens with one attached hydrogen (secondary N) is 1. The van der Waals surface area contributed by atoms with Crippen molar-refractivity contribution in [2.24, 2.45) is 0 Å². The average Bonchev–Trinajstić information content (AvgIpc) is 2.66. The third kappa shape index (κ3) is 4.68. The summed E-state index contributed by atoms with van der Waals surface area (Å²) in [6, 6.07) is 10.5. The molecule has 0 saturated carbocycles. The zero-order chi connectivity index (χ0) is 19.2. The second-order valence-corrected chi connectivity index (χ2v) is 7.45. The topological polar surface area (TPSA) is 73.9 Å². The van der Waals surface area contributed by atoms with Crippen LogP contribution >= 0.6 is 0 Å². The quantitative estimate of drug-likeness (QED) is 0.725. The molecule has 0 bridgehead atoms. The predicted molar refractivity (Wildman–Crippen MR) is 101 cm³/mol. The Kier molecular flexibility index (Phi) is 6.88. The van der Waals surface area contributed by atoms with E-state index < -0.39 is 10.0 Å². The molecule has 0 heterocycles. The van der Waals surface area contributed by atoms with Crippen LogP contribution in [-0.4, -0.2) is 36.3 Å². The van der Waals surface area contributed by atoms with Gasteiger partial charge in [-0.05, 0) is 48.2 Å². The van der Waals surface area contributed by atoms with Crippen molar-refractivity contribution in [2.45, 2.75) is 24.7 Å². The van der Waals surface area contributed by atoms with E-state index in [0.717, 1.165) is 17.5 Å². The van der Waals surface area contributed by atoms with Gasteiger partial charge >= 0.3 is 0 Å². The highest BCUT2D eigenvalue weighted by molar-refractivity contribution is 7.89. The number of hydrogen-bond acceptors (Lipinski definition) is 5. The average molecular weight is 379 g/mol. The highest BCUT2D eigenvalue weighted by Crippen LogP contribution is 2.38. The molecule has 2 aromatic rings. The lowest BCUT2D eigenvalue weighted by Crippen LogP contribution is -2.26. The van der Waals surface area contributed by atoms with Crippen molar-refractivity contribution in [1.82, 2.24) is 4.72 Å². The molecule has 0 aromatic heterocycles. The van der Waals surface area contributed by atoms with Gasteiger partial charge in [-0.25, -0.2) is 13.1 Å². The van der Waals surface area contributed by atoms with Crippen LogP contribution in [0.4, 0.5) is 0 Å². The molecule has 6 nitrogen and oxygen atoms in total. The van der Waals surface area contributed by atoms with E-state index in [4.69, 9.17) is 14.2 Å². The molecular formula is C19H25NO5S. The first kappa shape index (κ1) is 20.1. The number of rotatable bonds is 9. The summed E-state index contributed by atoms with van der Waals surface area (Å²) < 4.78 is 43.3. The van der Waals surface area contributed by atoms with Crippen molar-refractivity contribution >= 4 is 10.0 Å². The number of sulfonamides is 1. The normalized spacial score (nSPS) is 11.2. The maximum absolute atomic E-state index is 12.4. The Hall–Kier alpha value is -2.25. The van der Waals surface area contributed by atoms with E-state index in [2.05, 4.69) is 4.72 Å². The maximum atomic E-state index is 12.4. The summed E-state index contributed by atoms with van der Waals surface area (Å²) in [7, 11) is 1.09. The molecule has 0 atom stereocenters. The van der Waals surface area contributed by atoms with Crippen molar-refractivity contribution in [3.8, 4) is 17.2 Å². The second-order valence-electron chi connectivity index (χ2n) is 5.68. The van der Waals surface area contributed by atoms with Crippen LogP contribution in [0.5, 0.6) is 17.2 Å².